The van der Waals surface area contributed by atoms with Gasteiger partial charge in [0.1, 0.15) is 0 Å². The van der Waals surface area contributed by atoms with Gasteiger partial charge in [-0.3, -0.25) is 0 Å². The van der Waals surface area contributed by atoms with Crippen LogP contribution in [0.5, 0.6) is 0 Å². The normalized spacial score (nSPS) is 59.1. The van der Waals surface area contributed by atoms with E-state index in [1.807, 2.05) is 0 Å². The molecule has 132 valence electrons. The minimum absolute atomic E-state index is 0.391. The van der Waals surface area contributed by atoms with E-state index in [1.165, 1.54) is 44.9 Å². The van der Waals surface area contributed by atoms with Crippen molar-refractivity contribution in [3.05, 3.63) is 0 Å². The van der Waals surface area contributed by atoms with Crippen LogP contribution in [0.25, 0.3) is 0 Å². The van der Waals surface area contributed by atoms with Crippen molar-refractivity contribution in [1.29, 1.82) is 0 Å². The number of aliphatic hydroxyl groups is 1. The summed E-state index contributed by atoms with van der Waals surface area (Å²) in [6.45, 7) is 7.31. The quantitative estimate of drug-likeness (QED) is 0.681. The molecule has 0 spiro atoms. The summed E-state index contributed by atoms with van der Waals surface area (Å²) >= 11 is 2.14. The van der Waals surface area contributed by atoms with Crippen LogP contribution in [0.15, 0.2) is 0 Å². The Morgan fingerprint density at radius 1 is 0.826 bits per heavy atom. The first-order chi connectivity index (χ1) is 10.8. The zero-order chi connectivity index (χ0) is 16.5. The van der Waals surface area contributed by atoms with Crippen LogP contribution in [0.3, 0.4) is 0 Å². The molecule has 8 atom stereocenters. The molecule has 0 bridgehead atoms. The molecule has 4 aliphatic carbocycles. The van der Waals surface area contributed by atoms with E-state index in [9.17, 15) is 5.11 Å². The Morgan fingerprint density at radius 3 is 2.30 bits per heavy atom. The van der Waals surface area contributed by atoms with Gasteiger partial charge in [-0.1, -0.05) is 13.8 Å². The highest BCUT2D eigenvalue weighted by Crippen LogP contribution is 2.67. The van der Waals surface area contributed by atoms with Crippen molar-refractivity contribution in [2.45, 2.75) is 89.4 Å². The monoisotopic (exact) mass is 336 g/mol. The van der Waals surface area contributed by atoms with Crippen molar-refractivity contribution in [2.24, 2.45) is 34.5 Å². The molecule has 4 rings (SSSR count). The smallest absolute Gasteiger partial charge is 0.0622 e. The zero-order valence-corrected chi connectivity index (χ0v) is 16.4. The minimum atomic E-state index is -0.391. The molecular weight excluding hydrogens is 300 g/mol. The van der Waals surface area contributed by atoms with Crippen molar-refractivity contribution in [1.82, 2.24) is 0 Å². The molecular formula is C21H36OS. The van der Waals surface area contributed by atoms with Crippen LogP contribution in [-0.4, -0.2) is 22.2 Å². The van der Waals surface area contributed by atoms with E-state index in [0.717, 1.165) is 41.8 Å². The van der Waals surface area contributed by atoms with Crippen molar-refractivity contribution >= 4 is 11.8 Å². The molecule has 0 heterocycles. The molecule has 4 unspecified atom stereocenters. The fraction of sp³-hybridized carbons (Fsp3) is 1.00. The molecule has 0 amide bonds. The lowest BCUT2D eigenvalue weighted by molar-refractivity contribution is -0.141. The highest BCUT2D eigenvalue weighted by atomic mass is 32.2. The van der Waals surface area contributed by atoms with Gasteiger partial charge in [-0.2, -0.15) is 11.8 Å². The van der Waals surface area contributed by atoms with Gasteiger partial charge >= 0.3 is 0 Å². The molecule has 0 radical (unpaired) electrons. The van der Waals surface area contributed by atoms with E-state index in [2.05, 4.69) is 38.8 Å². The number of hydrogen-bond acceptors (Lipinski definition) is 2. The van der Waals surface area contributed by atoms with Crippen LogP contribution in [0.4, 0.5) is 0 Å². The summed E-state index contributed by atoms with van der Waals surface area (Å²) < 4.78 is 0. The van der Waals surface area contributed by atoms with Gasteiger partial charge in [-0.25, -0.2) is 0 Å². The maximum absolute atomic E-state index is 10.6. The van der Waals surface area contributed by atoms with E-state index in [-0.39, 0.29) is 0 Å². The van der Waals surface area contributed by atoms with Crippen LogP contribution in [0.2, 0.25) is 0 Å². The summed E-state index contributed by atoms with van der Waals surface area (Å²) in [5, 5.41) is 11.5. The SMILES string of the molecule is CS[C@H]1CCC2C3CCC4C[C@](C)(O)CC[C@]4(C)C3CC[C@@]21C. The van der Waals surface area contributed by atoms with Crippen LogP contribution in [0.1, 0.15) is 78.6 Å². The Bertz CT molecular complexity index is 474. The fourth-order valence-electron chi connectivity index (χ4n) is 7.77. The van der Waals surface area contributed by atoms with Gasteiger partial charge < -0.3 is 5.11 Å². The lowest BCUT2D eigenvalue weighted by Gasteiger charge is -2.61. The molecule has 0 saturated heterocycles. The Labute approximate surface area is 147 Å². The average Bonchev–Trinajstić information content (AvgIpc) is 2.84. The van der Waals surface area contributed by atoms with Crippen molar-refractivity contribution in [3.63, 3.8) is 0 Å². The van der Waals surface area contributed by atoms with Crippen LogP contribution < -0.4 is 0 Å². The second kappa shape index (κ2) is 5.40. The third-order valence-electron chi connectivity index (χ3n) is 9.15. The molecule has 1 N–H and O–H groups in total. The van der Waals surface area contributed by atoms with E-state index < -0.39 is 5.60 Å². The Balaban J connectivity index is 1.60. The van der Waals surface area contributed by atoms with Gasteiger partial charge in [0.2, 0.25) is 0 Å². The summed E-state index contributed by atoms with van der Waals surface area (Å²) in [4.78, 5) is 0. The van der Waals surface area contributed by atoms with Crippen molar-refractivity contribution in [2.75, 3.05) is 6.26 Å². The largest absolute Gasteiger partial charge is 0.390 e. The van der Waals surface area contributed by atoms with Gasteiger partial charge in [-0.15, -0.1) is 0 Å². The predicted octanol–water partition coefficient (Wildman–Crippen LogP) is 5.51. The van der Waals surface area contributed by atoms with Gasteiger partial charge in [0, 0.05) is 5.25 Å². The van der Waals surface area contributed by atoms with E-state index in [1.54, 1.807) is 0 Å². The topological polar surface area (TPSA) is 20.2 Å². The highest BCUT2D eigenvalue weighted by Gasteiger charge is 2.60. The summed E-state index contributed by atoms with van der Waals surface area (Å²) in [5.41, 5.74) is 0.741. The highest BCUT2D eigenvalue weighted by molar-refractivity contribution is 7.99. The number of thioether (sulfide) groups is 1. The first-order valence-electron chi connectivity index (χ1n) is 10.1. The number of rotatable bonds is 1. The fourth-order valence-corrected chi connectivity index (χ4v) is 8.97. The van der Waals surface area contributed by atoms with Gasteiger partial charge in [-0.05, 0) is 105 Å². The molecule has 4 fully saturated rings. The lowest BCUT2D eigenvalue weighted by Crippen LogP contribution is -2.55. The first-order valence-corrected chi connectivity index (χ1v) is 11.3. The maximum atomic E-state index is 10.6. The van der Waals surface area contributed by atoms with Crippen LogP contribution in [0, 0.1) is 34.5 Å². The van der Waals surface area contributed by atoms with Crippen molar-refractivity contribution < 1.29 is 5.11 Å². The van der Waals surface area contributed by atoms with Gasteiger partial charge in [0.15, 0.2) is 0 Å². The second-order valence-corrected chi connectivity index (χ2v) is 11.2. The lowest BCUT2D eigenvalue weighted by atomic mass is 9.44. The Morgan fingerprint density at radius 2 is 1.57 bits per heavy atom. The molecule has 23 heavy (non-hydrogen) atoms. The molecule has 2 heteroatoms. The Kier molecular flexibility index (Phi) is 3.94. The van der Waals surface area contributed by atoms with E-state index in [0.29, 0.717) is 10.8 Å². The van der Waals surface area contributed by atoms with E-state index >= 15 is 0 Å². The molecule has 0 aromatic carbocycles. The summed E-state index contributed by atoms with van der Waals surface area (Å²) in [7, 11) is 0. The first kappa shape index (κ1) is 16.8. The maximum Gasteiger partial charge on any atom is 0.0622 e. The molecule has 4 aliphatic rings. The molecule has 0 aromatic heterocycles. The molecule has 0 aliphatic heterocycles. The minimum Gasteiger partial charge on any atom is -0.390 e. The summed E-state index contributed by atoms with van der Waals surface area (Å²) in [6.07, 6.45) is 14.4. The van der Waals surface area contributed by atoms with E-state index in [4.69, 9.17) is 0 Å². The van der Waals surface area contributed by atoms with Crippen molar-refractivity contribution in [3.8, 4) is 0 Å². The summed E-state index contributed by atoms with van der Waals surface area (Å²) in [5.74, 6) is 3.68. The molecule has 1 nitrogen and oxygen atoms in total. The zero-order valence-electron chi connectivity index (χ0n) is 15.6. The van der Waals surface area contributed by atoms with Gasteiger partial charge in [0.25, 0.3) is 0 Å². The summed E-state index contributed by atoms with van der Waals surface area (Å²) in [6, 6.07) is 0. The number of fused-ring (bicyclic) bond motifs is 5. The standard InChI is InChI=1S/C21H36OS/c1-19(22)11-12-20(2)14(13-19)5-6-15-16-7-8-18(23-4)21(16,3)10-9-17(15)20/h14-18,22H,5-13H2,1-4H3/t14?,15?,16?,17?,18-,19+,20-,21-/m0/s1. The van der Waals surface area contributed by atoms with Crippen LogP contribution in [-0.2, 0) is 0 Å². The predicted molar refractivity (Wildman–Crippen MR) is 99.7 cm³/mol. The second-order valence-electron chi connectivity index (χ2n) is 10.2. The Hall–Kier alpha value is 0.310. The average molecular weight is 337 g/mol. The number of hydrogen-bond donors (Lipinski definition) is 1. The third-order valence-corrected chi connectivity index (χ3v) is 10.5. The molecule has 4 saturated carbocycles. The van der Waals surface area contributed by atoms with Crippen LogP contribution >= 0.6 is 11.8 Å². The molecule has 0 aromatic rings. The third kappa shape index (κ3) is 2.37. The van der Waals surface area contributed by atoms with Gasteiger partial charge in [0.05, 0.1) is 5.60 Å².